The quantitative estimate of drug-likeness (QED) is 0.717. The second-order valence-corrected chi connectivity index (χ2v) is 6.80. The molecule has 0 saturated carbocycles. The molecule has 2 heterocycles. The van der Waals surface area contributed by atoms with Gasteiger partial charge in [0.1, 0.15) is 9.88 Å². The summed E-state index contributed by atoms with van der Waals surface area (Å²) < 4.78 is 1.74. The molecule has 0 aliphatic carbocycles. The minimum absolute atomic E-state index is 0.0241. The molecule has 124 valence electrons. The Morgan fingerprint density at radius 1 is 1.29 bits per heavy atom. The maximum absolute atomic E-state index is 12.7. The van der Waals surface area contributed by atoms with Crippen molar-refractivity contribution in [1.29, 1.82) is 0 Å². The van der Waals surface area contributed by atoms with E-state index in [9.17, 15) is 4.79 Å². The first-order valence-corrected chi connectivity index (χ1v) is 8.62. The number of carbonyl (C=O) groups excluding carboxylic acids is 1. The Morgan fingerprint density at radius 2 is 2.04 bits per heavy atom. The van der Waals surface area contributed by atoms with Crippen LogP contribution in [0.5, 0.6) is 0 Å². The van der Waals surface area contributed by atoms with E-state index in [0.29, 0.717) is 11.4 Å². The molecular formula is C18H20N4OS. The summed E-state index contributed by atoms with van der Waals surface area (Å²) in [5, 5.41) is 5.00. The van der Waals surface area contributed by atoms with E-state index in [0.717, 1.165) is 22.7 Å². The molecule has 0 saturated heterocycles. The maximum Gasteiger partial charge on any atom is 0.265 e. The summed E-state index contributed by atoms with van der Waals surface area (Å²) in [6.07, 6.45) is 4.52. The molecule has 0 fully saturated rings. The third-order valence-corrected chi connectivity index (χ3v) is 5.06. The van der Waals surface area contributed by atoms with Crippen LogP contribution in [0, 0.1) is 6.92 Å². The van der Waals surface area contributed by atoms with Crippen LogP contribution in [0.1, 0.15) is 20.9 Å². The van der Waals surface area contributed by atoms with Crippen LogP contribution >= 0.6 is 11.3 Å². The molecule has 6 heteroatoms. The third-order valence-electron chi connectivity index (χ3n) is 3.87. The fraction of sp³-hybridized carbons (Fsp3) is 0.278. The zero-order chi connectivity index (χ0) is 17.1. The molecule has 0 radical (unpaired) electrons. The van der Waals surface area contributed by atoms with Crippen LogP contribution in [0.2, 0.25) is 0 Å². The number of thiazole rings is 1. The van der Waals surface area contributed by atoms with Crippen LogP contribution in [-0.4, -0.2) is 39.2 Å². The fourth-order valence-electron chi connectivity index (χ4n) is 2.47. The van der Waals surface area contributed by atoms with Crippen molar-refractivity contribution in [3.63, 3.8) is 0 Å². The Hall–Kier alpha value is -2.47. The van der Waals surface area contributed by atoms with Gasteiger partial charge in [-0.2, -0.15) is 5.10 Å². The van der Waals surface area contributed by atoms with Gasteiger partial charge in [-0.3, -0.25) is 9.48 Å². The highest BCUT2D eigenvalue weighted by atomic mass is 32.1. The molecule has 3 aromatic rings. The van der Waals surface area contributed by atoms with Gasteiger partial charge in [0.25, 0.3) is 5.91 Å². The Balaban J connectivity index is 1.71. The summed E-state index contributed by atoms with van der Waals surface area (Å²) in [6, 6.07) is 10.2. The van der Waals surface area contributed by atoms with E-state index in [4.69, 9.17) is 0 Å². The lowest BCUT2D eigenvalue weighted by Gasteiger charge is -2.16. The highest BCUT2D eigenvalue weighted by Gasteiger charge is 2.20. The summed E-state index contributed by atoms with van der Waals surface area (Å²) in [7, 11) is 3.71. The van der Waals surface area contributed by atoms with Crippen LogP contribution in [0.3, 0.4) is 0 Å². The number of benzene rings is 1. The van der Waals surface area contributed by atoms with Crippen molar-refractivity contribution in [3.8, 4) is 10.6 Å². The smallest absolute Gasteiger partial charge is 0.265 e. The van der Waals surface area contributed by atoms with Crippen LogP contribution < -0.4 is 0 Å². The Kier molecular flexibility index (Phi) is 4.76. The van der Waals surface area contributed by atoms with E-state index in [1.165, 1.54) is 16.9 Å². The molecule has 0 N–H and O–H groups in total. The lowest BCUT2D eigenvalue weighted by atomic mass is 10.1. The van der Waals surface area contributed by atoms with Crippen LogP contribution in [-0.2, 0) is 13.5 Å². The summed E-state index contributed by atoms with van der Waals surface area (Å²) >= 11 is 1.43. The number of rotatable bonds is 5. The first kappa shape index (κ1) is 16.4. The van der Waals surface area contributed by atoms with Gasteiger partial charge in [-0.05, 0) is 18.9 Å². The van der Waals surface area contributed by atoms with Gasteiger partial charge in [0.15, 0.2) is 0 Å². The highest BCUT2D eigenvalue weighted by Crippen LogP contribution is 2.28. The van der Waals surface area contributed by atoms with E-state index < -0.39 is 0 Å². The molecule has 0 bridgehead atoms. The van der Waals surface area contributed by atoms with E-state index in [-0.39, 0.29) is 5.91 Å². The molecular weight excluding hydrogens is 320 g/mol. The first-order valence-electron chi connectivity index (χ1n) is 7.80. The summed E-state index contributed by atoms with van der Waals surface area (Å²) in [6.45, 7) is 2.57. The molecule has 0 spiro atoms. The Bertz CT molecular complexity index is 838. The SMILES string of the molecule is Cc1nc(-c2cnn(C)c2)sc1C(=O)N(C)CCc1ccccc1. The molecule has 0 aliphatic rings. The van der Waals surface area contributed by atoms with E-state index >= 15 is 0 Å². The number of nitrogens with zero attached hydrogens (tertiary/aromatic N) is 4. The second-order valence-electron chi connectivity index (χ2n) is 5.80. The topological polar surface area (TPSA) is 51.0 Å². The standard InChI is InChI=1S/C18H20N4OS/c1-13-16(24-17(20-13)15-11-19-22(3)12-15)18(23)21(2)10-9-14-7-5-4-6-8-14/h4-8,11-12H,9-10H2,1-3H3. The molecule has 2 aromatic heterocycles. The van der Waals surface area contributed by atoms with Crippen molar-refractivity contribution in [1.82, 2.24) is 19.7 Å². The predicted octanol–water partition coefficient (Wildman–Crippen LogP) is 3.17. The van der Waals surface area contributed by atoms with E-state index in [1.807, 2.05) is 45.4 Å². The van der Waals surface area contributed by atoms with E-state index in [2.05, 4.69) is 22.2 Å². The van der Waals surface area contributed by atoms with Crippen molar-refractivity contribution >= 4 is 17.2 Å². The monoisotopic (exact) mass is 340 g/mol. The number of aromatic nitrogens is 3. The number of carbonyl (C=O) groups is 1. The average molecular weight is 340 g/mol. The maximum atomic E-state index is 12.7. The third kappa shape index (κ3) is 3.54. The van der Waals surface area contributed by atoms with Crippen molar-refractivity contribution in [2.45, 2.75) is 13.3 Å². The normalized spacial score (nSPS) is 10.8. The Morgan fingerprint density at radius 3 is 2.71 bits per heavy atom. The lowest BCUT2D eigenvalue weighted by Crippen LogP contribution is -2.28. The van der Waals surface area contributed by atoms with Crippen LogP contribution in [0.4, 0.5) is 0 Å². The second kappa shape index (κ2) is 6.97. The molecule has 1 amide bonds. The largest absolute Gasteiger partial charge is 0.341 e. The molecule has 3 rings (SSSR count). The number of amides is 1. The van der Waals surface area contributed by atoms with Crippen molar-refractivity contribution in [2.75, 3.05) is 13.6 Å². The molecule has 5 nitrogen and oxygen atoms in total. The number of likely N-dealkylation sites (N-methyl/N-ethyl adjacent to an activating group) is 1. The number of aryl methyl sites for hydroxylation is 2. The van der Waals surface area contributed by atoms with Crippen molar-refractivity contribution in [2.24, 2.45) is 7.05 Å². The van der Waals surface area contributed by atoms with E-state index in [1.54, 1.807) is 15.8 Å². The zero-order valence-electron chi connectivity index (χ0n) is 14.1. The predicted molar refractivity (Wildman–Crippen MR) is 96.2 cm³/mol. The highest BCUT2D eigenvalue weighted by molar-refractivity contribution is 7.17. The van der Waals surface area contributed by atoms with Gasteiger partial charge in [0, 0.05) is 32.4 Å². The van der Waals surface area contributed by atoms with Gasteiger partial charge < -0.3 is 4.90 Å². The number of hydrogen-bond acceptors (Lipinski definition) is 4. The van der Waals surface area contributed by atoms with Gasteiger partial charge in [-0.15, -0.1) is 11.3 Å². The molecule has 1 aromatic carbocycles. The summed E-state index contributed by atoms with van der Waals surface area (Å²) in [5.41, 5.74) is 2.95. The van der Waals surface area contributed by atoms with Crippen molar-refractivity contribution in [3.05, 3.63) is 58.9 Å². The van der Waals surface area contributed by atoms with Crippen LogP contribution in [0.15, 0.2) is 42.7 Å². The zero-order valence-corrected chi connectivity index (χ0v) is 14.9. The fourth-order valence-corrected chi connectivity index (χ4v) is 3.50. The minimum atomic E-state index is 0.0241. The van der Waals surface area contributed by atoms with Gasteiger partial charge in [-0.25, -0.2) is 4.98 Å². The van der Waals surface area contributed by atoms with Gasteiger partial charge >= 0.3 is 0 Å². The lowest BCUT2D eigenvalue weighted by molar-refractivity contribution is 0.0800. The average Bonchev–Trinajstić information content (AvgIpc) is 3.18. The molecule has 0 unspecified atom stereocenters. The summed E-state index contributed by atoms with van der Waals surface area (Å²) in [4.78, 5) is 19.7. The molecule has 0 atom stereocenters. The first-order chi connectivity index (χ1) is 11.5. The summed E-state index contributed by atoms with van der Waals surface area (Å²) in [5.74, 6) is 0.0241. The van der Waals surface area contributed by atoms with Crippen LogP contribution in [0.25, 0.3) is 10.6 Å². The molecule has 0 aliphatic heterocycles. The number of hydrogen-bond donors (Lipinski definition) is 0. The van der Waals surface area contributed by atoms with Crippen molar-refractivity contribution < 1.29 is 4.79 Å². The van der Waals surface area contributed by atoms with Gasteiger partial charge in [0.05, 0.1) is 11.9 Å². The Labute approximate surface area is 145 Å². The van der Waals surface area contributed by atoms with Gasteiger partial charge in [-0.1, -0.05) is 30.3 Å². The minimum Gasteiger partial charge on any atom is -0.341 e. The molecule has 24 heavy (non-hydrogen) atoms. The van der Waals surface area contributed by atoms with Gasteiger partial charge in [0.2, 0.25) is 0 Å².